The molecule has 164 valence electrons. The molecule has 0 unspecified atom stereocenters. The summed E-state index contributed by atoms with van der Waals surface area (Å²) in [6.07, 6.45) is -0.157. The Morgan fingerprint density at radius 2 is 2.19 bits per heavy atom. The Morgan fingerprint density at radius 1 is 1.35 bits per heavy atom. The van der Waals surface area contributed by atoms with Gasteiger partial charge in [0.25, 0.3) is 12.3 Å². The molecule has 1 N–H and O–H groups in total. The lowest BCUT2D eigenvalue weighted by molar-refractivity contribution is 0.101. The maximum Gasteiger partial charge on any atom is 0.280 e. The largest absolute Gasteiger partial charge is 0.474 e. The number of halogens is 2. The fraction of sp³-hybridized carbons (Fsp3) is 0.429. The molecule has 10 heteroatoms. The maximum absolute atomic E-state index is 12.9. The van der Waals surface area contributed by atoms with E-state index in [4.69, 9.17) is 9.47 Å². The predicted molar refractivity (Wildman–Crippen MR) is 109 cm³/mol. The zero-order valence-electron chi connectivity index (χ0n) is 17.2. The van der Waals surface area contributed by atoms with E-state index in [9.17, 15) is 13.6 Å². The number of hydrogen-bond acceptors (Lipinski definition) is 6. The van der Waals surface area contributed by atoms with Gasteiger partial charge in [0.15, 0.2) is 5.65 Å². The number of amides is 1. The average molecular weight is 431 g/mol. The van der Waals surface area contributed by atoms with Crippen LogP contribution in [-0.2, 0) is 11.3 Å². The first kappa shape index (κ1) is 21.1. The van der Waals surface area contributed by atoms with Crippen molar-refractivity contribution in [3.05, 3.63) is 41.7 Å². The van der Waals surface area contributed by atoms with E-state index in [1.165, 1.54) is 18.2 Å². The summed E-state index contributed by atoms with van der Waals surface area (Å²) in [5.74, 6) is -0.0210. The quantitative estimate of drug-likeness (QED) is 0.611. The lowest BCUT2D eigenvalue weighted by Gasteiger charge is -2.13. The number of hydrogen-bond donors (Lipinski definition) is 1. The molecule has 1 fully saturated rings. The van der Waals surface area contributed by atoms with Crippen LogP contribution in [0.25, 0.3) is 11.0 Å². The summed E-state index contributed by atoms with van der Waals surface area (Å²) in [7, 11) is 0. The summed E-state index contributed by atoms with van der Waals surface area (Å²) < 4.78 is 38.8. The third-order valence-electron chi connectivity index (χ3n) is 4.80. The Balaban J connectivity index is 1.63. The molecule has 0 spiro atoms. The summed E-state index contributed by atoms with van der Waals surface area (Å²) in [6.45, 7) is 5.79. The number of aromatic nitrogens is 4. The summed E-state index contributed by atoms with van der Waals surface area (Å²) in [6, 6.07) is 5.69. The second-order valence-electron chi connectivity index (χ2n) is 7.70. The molecule has 1 aliphatic rings. The molecular formula is C21H23F2N5O3. The van der Waals surface area contributed by atoms with Crippen LogP contribution in [0.1, 0.15) is 42.7 Å². The number of fused-ring (bicyclic) bond motifs is 1. The van der Waals surface area contributed by atoms with E-state index in [1.807, 2.05) is 20.0 Å². The molecule has 0 aliphatic carbocycles. The number of nitrogens with zero attached hydrogens (tertiary/aromatic N) is 4. The number of carbonyl (C=O) groups is 1. The molecule has 4 rings (SSSR count). The van der Waals surface area contributed by atoms with Crippen molar-refractivity contribution in [3.63, 3.8) is 0 Å². The fourth-order valence-electron chi connectivity index (χ4n) is 3.38. The Hall–Kier alpha value is -3.14. The SMILES string of the molecule is CC(C)Oc1nc2nn(C[C@H]3CCOC3)cc2cc1C(=O)Nc1cccc(C(F)F)n1. The summed E-state index contributed by atoms with van der Waals surface area (Å²) in [5, 5.41) is 7.73. The lowest BCUT2D eigenvalue weighted by atomic mass is 10.1. The van der Waals surface area contributed by atoms with Gasteiger partial charge < -0.3 is 14.8 Å². The average Bonchev–Trinajstić information content (AvgIpc) is 3.36. The third kappa shape index (κ3) is 4.96. The Kier molecular flexibility index (Phi) is 6.08. The van der Waals surface area contributed by atoms with Crippen LogP contribution in [0.2, 0.25) is 0 Å². The zero-order chi connectivity index (χ0) is 22.0. The molecule has 8 nitrogen and oxygen atoms in total. The van der Waals surface area contributed by atoms with Gasteiger partial charge in [0, 0.05) is 30.7 Å². The fourth-order valence-corrected chi connectivity index (χ4v) is 3.38. The Bertz CT molecular complexity index is 1080. The molecule has 3 aromatic heterocycles. The Labute approximate surface area is 177 Å². The van der Waals surface area contributed by atoms with E-state index < -0.39 is 18.0 Å². The van der Waals surface area contributed by atoms with E-state index in [2.05, 4.69) is 20.4 Å². The molecule has 0 radical (unpaired) electrons. The van der Waals surface area contributed by atoms with Gasteiger partial charge in [0.05, 0.1) is 12.7 Å². The molecule has 1 amide bonds. The van der Waals surface area contributed by atoms with Gasteiger partial charge in [0.2, 0.25) is 5.88 Å². The van der Waals surface area contributed by atoms with Gasteiger partial charge >= 0.3 is 0 Å². The molecular weight excluding hydrogens is 408 g/mol. The highest BCUT2D eigenvalue weighted by Gasteiger charge is 2.21. The van der Waals surface area contributed by atoms with E-state index in [0.717, 1.165) is 13.0 Å². The molecule has 4 heterocycles. The molecule has 0 saturated carbocycles. The van der Waals surface area contributed by atoms with E-state index in [1.54, 1.807) is 10.7 Å². The van der Waals surface area contributed by atoms with E-state index in [-0.39, 0.29) is 23.4 Å². The zero-order valence-corrected chi connectivity index (χ0v) is 17.2. The third-order valence-corrected chi connectivity index (χ3v) is 4.80. The number of anilines is 1. The lowest BCUT2D eigenvalue weighted by Crippen LogP contribution is -2.17. The van der Waals surface area contributed by atoms with Gasteiger partial charge in [-0.15, -0.1) is 0 Å². The van der Waals surface area contributed by atoms with Crippen molar-refractivity contribution in [2.75, 3.05) is 18.5 Å². The van der Waals surface area contributed by atoms with Crippen LogP contribution in [0, 0.1) is 5.92 Å². The van der Waals surface area contributed by atoms with Crippen molar-refractivity contribution in [1.29, 1.82) is 0 Å². The first-order valence-corrected chi connectivity index (χ1v) is 10.1. The molecule has 3 aromatic rings. The monoisotopic (exact) mass is 431 g/mol. The van der Waals surface area contributed by atoms with Crippen molar-refractivity contribution in [2.24, 2.45) is 5.92 Å². The van der Waals surface area contributed by atoms with E-state index >= 15 is 0 Å². The van der Waals surface area contributed by atoms with Crippen LogP contribution in [0.5, 0.6) is 5.88 Å². The summed E-state index contributed by atoms with van der Waals surface area (Å²) in [4.78, 5) is 21.1. The molecule has 1 saturated heterocycles. The number of pyridine rings is 2. The van der Waals surface area contributed by atoms with Crippen LogP contribution in [-0.4, -0.2) is 45.0 Å². The summed E-state index contributed by atoms with van der Waals surface area (Å²) >= 11 is 0. The van der Waals surface area contributed by atoms with Gasteiger partial charge in [-0.3, -0.25) is 9.48 Å². The highest BCUT2D eigenvalue weighted by molar-refractivity contribution is 6.07. The predicted octanol–water partition coefficient (Wildman–Crippen LogP) is 3.84. The van der Waals surface area contributed by atoms with Gasteiger partial charge in [-0.1, -0.05) is 6.07 Å². The van der Waals surface area contributed by atoms with Crippen molar-refractivity contribution in [2.45, 2.75) is 39.3 Å². The van der Waals surface area contributed by atoms with Gasteiger partial charge in [-0.2, -0.15) is 10.1 Å². The van der Waals surface area contributed by atoms with Crippen molar-refractivity contribution >= 4 is 22.8 Å². The topological polar surface area (TPSA) is 91.2 Å². The van der Waals surface area contributed by atoms with Crippen LogP contribution in [0.15, 0.2) is 30.5 Å². The van der Waals surface area contributed by atoms with Crippen LogP contribution < -0.4 is 10.1 Å². The smallest absolute Gasteiger partial charge is 0.280 e. The van der Waals surface area contributed by atoms with Crippen molar-refractivity contribution in [3.8, 4) is 5.88 Å². The number of nitrogens with one attached hydrogen (secondary N) is 1. The number of carbonyl (C=O) groups excluding carboxylic acids is 1. The molecule has 0 bridgehead atoms. The number of alkyl halides is 2. The molecule has 31 heavy (non-hydrogen) atoms. The second kappa shape index (κ2) is 8.93. The van der Waals surface area contributed by atoms with Crippen molar-refractivity contribution < 1.29 is 23.0 Å². The van der Waals surface area contributed by atoms with Crippen LogP contribution in [0.4, 0.5) is 14.6 Å². The first-order chi connectivity index (χ1) is 14.9. The minimum absolute atomic E-state index is 0.0234. The molecule has 0 aromatic carbocycles. The first-order valence-electron chi connectivity index (χ1n) is 10.1. The molecule has 1 aliphatic heterocycles. The minimum atomic E-state index is -2.73. The highest BCUT2D eigenvalue weighted by Crippen LogP contribution is 2.25. The van der Waals surface area contributed by atoms with E-state index in [0.29, 0.717) is 30.1 Å². The van der Waals surface area contributed by atoms with Crippen LogP contribution >= 0.6 is 0 Å². The van der Waals surface area contributed by atoms with Gasteiger partial charge in [-0.25, -0.2) is 13.8 Å². The van der Waals surface area contributed by atoms with Gasteiger partial charge in [0.1, 0.15) is 17.1 Å². The van der Waals surface area contributed by atoms with Crippen LogP contribution in [0.3, 0.4) is 0 Å². The Morgan fingerprint density at radius 3 is 2.90 bits per heavy atom. The molecule has 1 atom stereocenters. The summed E-state index contributed by atoms with van der Waals surface area (Å²) in [5.41, 5.74) is 0.223. The number of ether oxygens (including phenoxy) is 2. The van der Waals surface area contributed by atoms with Crippen molar-refractivity contribution in [1.82, 2.24) is 19.7 Å². The number of rotatable bonds is 7. The standard InChI is InChI=1S/C21H23F2N5O3/c1-12(2)31-21-15(20(29)25-17-5-3-4-16(24-17)18(22)23)8-14-10-28(27-19(14)26-21)9-13-6-7-30-11-13/h3-5,8,10,12-13,18H,6-7,9,11H2,1-2H3,(H,24,25,29)/t13-/m1/s1. The second-order valence-corrected chi connectivity index (χ2v) is 7.70. The van der Waals surface area contributed by atoms with Gasteiger partial charge in [-0.05, 0) is 38.5 Å². The normalized spacial score (nSPS) is 16.4. The highest BCUT2D eigenvalue weighted by atomic mass is 19.3. The minimum Gasteiger partial charge on any atom is -0.474 e. The maximum atomic E-state index is 12.9.